The minimum atomic E-state index is -0.462. The summed E-state index contributed by atoms with van der Waals surface area (Å²) in [7, 11) is 1.62. The van der Waals surface area contributed by atoms with Crippen LogP contribution in [-0.2, 0) is 16.1 Å². The smallest absolute Gasteiger partial charge is 0.273 e. The summed E-state index contributed by atoms with van der Waals surface area (Å²) in [5.41, 5.74) is 1.01. The molecule has 0 aliphatic carbocycles. The summed E-state index contributed by atoms with van der Waals surface area (Å²) >= 11 is 1.21. The molecule has 0 bridgehead atoms. The molecule has 3 aromatic rings. The second kappa shape index (κ2) is 9.03. The highest BCUT2D eigenvalue weighted by Gasteiger charge is 2.27. The normalized spacial score (nSPS) is 16.2. The Kier molecular flexibility index (Phi) is 6.17. The molecule has 1 atom stereocenters. The van der Waals surface area contributed by atoms with Gasteiger partial charge in [0.05, 0.1) is 5.92 Å². The van der Waals surface area contributed by atoms with Gasteiger partial charge in [0.15, 0.2) is 10.8 Å². The molecule has 1 saturated heterocycles. The van der Waals surface area contributed by atoms with Crippen molar-refractivity contribution in [3.63, 3.8) is 0 Å². The molecular formula is C21H23FN6O3S. The fourth-order valence-corrected chi connectivity index (χ4v) is 4.73. The Morgan fingerprint density at radius 2 is 2.16 bits per heavy atom. The Morgan fingerprint density at radius 1 is 1.34 bits per heavy atom. The van der Waals surface area contributed by atoms with Crippen LogP contribution in [0.25, 0.3) is 10.3 Å². The molecule has 1 aliphatic rings. The van der Waals surface area contributed by atoms with E-state index in [4.69, 9.17) is 0 Å². The molecule has 32 heavy (non-hydrogen) atoms. The van der Waals surface area contributed by atoms with E-state index in [-0.39, 0.29) is 23.9 Å². The number of nitrogens with one attached hydrogen (secondary N) is 2. The summed E-state index contributed by atoms with van der Waals surface area (Å²) in [6.45, 7) is 2.77. The maximum Gasteiger partial charge on any atom is 0.273 e. The number of hydrogen-bond donors (Lipinski definition) is 2. The Hall–Kier alpha value is -3.34. The number of nitrogens with zero attached hydrogens (tertiary/aromatic N) is 4. The van der Waals surface area contributed by atoms with Gasteiger partial charge in [-0.3, -0.25) is 19.0 Å². The van der Waals surface area contributed by atoms with Crippen LogP contribution in [0.15, 0.2) is 29.3 Å². The maximum atomic E-state index is 13.5. The lowest BCUT2D eigenvalue weighted by atomic mass is 9.98. The van der Waals surface area contributed by atoms with Gasteiger partial charge in [-0.15, -0.1) is 0 Å². The van der Waals surface area contributed by atoms with E-state index in [0.717, 1.165) is 19.4 Å². The topological polar surface area (TPSA) is 109 Å². The Balaban J connectivity index is 1.53. The third kappa shape index (κ3) is 4.47. The van der Waals surface area contributed by atoms with Crippen molar-refractivity contribution in [1.29, 1.82) is 0 Å². The molecular weight excluding hydrogens is 435 g/mol. The highest BCUT2D eigenvalue weighted by molar-refractivity contribution is 7.22. The van der Waals surface area contributed by atoms with Crippen molar-refractivity contribution < 1.29 is 14.0 Å². The van der Waals surface area contributed by atoms with E-state index in [9.17, 15) is 18.8 Å². The molecule has 0 radical (unpaired) electrons. The molecule has 1 unspecified atom stereocenters. The standard InChI is InChI=1S/C21H23FN6O3S/c1-12-5-6-14(22)8-15(12)25-16(29)10-28-11-24-18-17(20(28)31)32-21(26-18)27-7-3-4-13(9-27)19(30)23-2/h5-6,8,11,13H,3-4,7,9-10H2,1-2H3,(H,23,30)(H,25,29). The van der Waals surface area contributed by atoms with E-state index in [1.807, 2.05) is 4.90 Å². The van der Waals surface area contributed by atoms with Crippen LogP contribution in [0.1, 0.15) is 18.4 Å². The Morgan fingerprint density at radius 3 is 2.94 bits per heavy atom. The molecule has 0 spiro atoms. The first kappa shape index (κ1) is 21.9. The molecule has 1 aromatic carbocycles. The first-order valence-corrected chi connectivity index (χ1v) is 11.1. The number of hydrogen-bond acceptors (Lipinski definition) is 7. The highest BCUT2D eigenvalue weighted by Crippen LogP contribution is 2.29. The highest BCUT2D eigenvalue weighted by atomic mass is 32.1. The van der Waals surface area contributed by atoms with Crippen LogP contribution in [0.5, 0.6) is 0 Å². The van der Waals surface area contributed by atoms with Gasteiger partial charge in [-0.25, -0.2) is 9.37 Å². The van der Waals surface area contributed by atoms with Crippen LogP contribution < -0.4 is 21.1 Å². The van der Waals surface area contributed by atoms with Crippen LogP contribution in [0.2, 0.25) is 0 Å². The predicted molar refractivity (Wildman–Crippen MR) is 120 cm³/mol. The number of aromatic nitrogens is 3. The van der Waals surface area contributed by atoms with E-state index in [1.165, 1.54) is 34.4 Å². The fraction of sp³-hybridized carbons (Fsp3) is 0.381. The number of halogens is 1. The Labute approximate surface area is 187 Å². The van der Waals surface area contributed by atoms with Crippen LogP contribution >= 0.6 is 11.3 Å². The average Bonchev–Trinajstić information content (AvgIpc) is 3.23. The number of rotatable bonds is 5. The summed E-state index contributed by atoms with van der Waals surface area (Å²) in [6, 6.07) is 4.12. The van der Waals surface area contributed by atoms with Crippen LogP contribution in [-0.4, -0.2) is 46.5 Å². The van der Waals surface area contributed by atoms with Crippen molar-refractivity contribution in [1.82, 2.24) is 19.9 Å². The van der Waals surface area contributed by atoms with Gasteiger partial charge in [-0.1, -0.05) is 17.4 Å². The molecule has 168 valence electrons. The number of carbonyl (C=O) groups excluding carboxylic acids is 2. The molecule has 2 N–H and O–H groups in total. The third-order valence-corrected chi connectivity index (χ3v) is 6.56. The molecule has 0 saturated carbocycles. The van der Waals surface area contributed by atoms with Gasteiger partial charge >= 0.3 is 0 Å². The number of thiazole rings is 1. The number of amides is 2. The molecule has 1 aliphatic heterocycles. The van der Waals surface area contributed by atoms with Gasteiger partial charge < -0.3 is 15.5 Å². The first-order chi connectivity index (χ1) is 15.4. The number of piperidine rings is 1. The van der Waals surface area contributed by atoms with E-state index in [2.05, 4.69) is 20.6 Å². The van der Waals surface area contributed by atoms with Crippen molar-refractivity contribution in [3.05, 3.63) is 46.3 Å². The van der Waals surface area contributed by atoms with Crippen molar-refractivity contribution in [2.24, 2.45) is 5.92 Å². The monoisotopic (exact) mass is 458 g/mol. The van der Waals surface area contributed by atoms with Crippen molar-refractivity contribution in [2.45, 2.75) is 26.3 Å². The van der Waals surface area contributed by atoms with Crippen molar-refractivity contribution >= 4 is 44.3 Å². The third-order valence-electron chi connectivity index (χ3n) is 5.47. The largest absolute Gasteiger partial charge is 0.359 e. The second-order valence-corrected chi connectivity index (χ2v) is 8.71. The van der Waals surface area contributed by atoms with E-state index < -0.39 is 11.7 Å². The zero-order chi connectivity index (χ0) is 22.8. The van der Waals surface area contributed by atoms with Crippen LogP contribution in [0.4, 0.5) is 15.2 Å². The zero-order valence-electron chi connectivity index (χ0n) is 17.7. The number of aryl methyl sites for hydroxylation is 1. The van der Waals surface area contributed by atoms with Crippen molar-refractivity contribution in [2.75, 3.05) is 30.4 Å². The van der Waals surface area contributed by atoms with Crippen molar-refractivity contribution in [3.8, 4) is 0 Å². The molecule has 1 fully saturated rings. The second-order valence-electron chi connectivity index (χ2n) is 7.73. The van der Waals surface area contributed by atoms with Gasteiger partial charge in [0.25, 0.3) is 5.56 Å². The van der Waals surface area contributed by atoms with E-state index >= 15 is 0 Å². The molecule has 11 heteroatoms. The van der Waals surface area contributed by atoms with Gasteiger partial charge in [0.1, 0.15) is 23.4 Å². The van der Waals surface area contributed by atoms with Crippen LogP contribution in [0, 0.1) is 18.7 Å². The molecule has 2 amide bonds. The summed E-state index contributed by atoms with van der Waals surface area (Å²) in [6.07, 6.45) is 2.95. The summed E-state index contributed by atoms with van der Waals surface area (Å²) in [4.78, 5) is 48.1. The number of anilines is 2. The summed E-state index contributed by atoms with van der Waals surface area (Å²) in [5.74, 6) is -1.05. The quantitative estimate of drug-likeness (QED) is 0.605. The van der Waals surface area contributed by atoms with Gasteiger partial charge in [0.2, 0.25) is 11.8 Å². The maximum absolute atomic E-state index is 13.5. The molecule has 3 heterocycles. The zero-order valence-corrected chi connectivity index (χ0v) is 18.5. The lowest BCUT2D eigenvalue weighted by molar-refractivity contribution is -0.124. The predicted octanol–water partition coefficient (Wildman–Crippen LogP) is 1.90. The first-order valence-electron chi connectivity index (χ1n) is 10.2. The fourth-order valence-electron chi connectivity index (χ4n) is 3.73. The molecule has 2 aromatic heterocycles. The lowest BCUT2D eigenvalue weighted by Gasteiger charge is -2.31. The van der Waals surface area contributed by atoms with Crippen LogP contribution in [0.3, 0.4) is 0 Å². The van der Waals surface area contributed by atoms with E-state index in [1.54, 1.807) is 20.0 Å². The minimum absolute atomic E-state index is 0.00385. The Bertz CT molecular complexity index is 1240. The lowest BCUT2D eigenvalue weighted by Crippen LogP contribution is -2.42. The average molecular weight is 459 g/mol. The van der Waals surface area contributed by atoms with Gasteiger partial charge in [-0.2, -0.15) is 4.98 Å². The van der Waals surface area contributed by atoms with Gasteiger partial charge in [-0.05, 0) is 37.5 Å². The molecule has 9 nitrogen and oxygen atoms in total. The minimum Gasteiger partial charge on any atom is -0.359 e. The SMILES string of the molecule is CNC(=O)C1CCCN(c2nc3ncn(CC(=O)Nc4cc(F)ccc4C)c(=O)c3s2)C1. The molecule has 4 rings (SSSR count). The van der Waals surface area contributed by atoms with E-state index in [0.29, 0.717) is 33.3 Å². The van der Waals surface area contributed by atoms with Gasteiger partial charge in [0, 0.05) is 25.8 Å². The summed E-state index contributed by atoms with van der Waals surface area (Å²) in [5, 5.41) is 5.95. The summed E-state index contributed by atoms with van der Waals surface area (Å²) < 4.78 is 15.0. The number of benzene rings is 1. The number of fused-ring (bicyclic) bond motifs is 1. The number of carbonyl (C=O) groups is 2.